The molecule has 138 valence electrons. The summed E-state index contributed by atoms with van der Waals surface area (Å²) >= 11 is 0. The molecule has 0 aromatic carbocycles. The molecule has 1 aliphatic heterocycles. The Morgan fingerprint density at radius 3 is 2.04 bits per heavy atom. The van der Waals surface area contributed by atoms with E-state index in [0.717, 1.165) is 32.2 Å². The maximum absolute atomic E-state index is 12.1. The third kappa shape index (κ3) is 4.82. The average Bonchev–Trinajstić information content (AvgIpc) is 2.41. The van der Waals surface area contributed by atoms with Gasteiger partial charge in [0.15, 0.2) is 0 Å². The molecule has 5 nitrogen and oxygen atoms in total. The highest BCUT2D eigenvalue weighted by Gasteiger charge is 2.49. The molecule has 0 N–H and O–H groups in total. The molecule has 1 fully saturated rings. The molecule has 0 unspecified atom stereocenters. The second kappa shape index (κ2) is 7.68. The molecule has 1 amide bonds. The van der Waals surface area contributed by atoms with Crippen LogP contribution in [0.2, 0.25) is 0 Å². The van der Waals surface area contributed by atoms with Gasteiger partial charge in [0.05, 0.1) is 11.1 Å². The van der Waals surface area contributed by atoms with Crippen molar-refractivity contribution in [3.63, 3.8) is 0 Å². The van der Waals surface area contributed by atoms with Crippen molar-refractivity contribution in [2.24, 2.45) is 0 Å². The van der Waals surface area contributed by atoms with Crippen molar-refractivity contribution in [2.75, 3.05) is 6.54 Å². The molecule has 1 rings (SSSR count). The van der Waals surface area contributed by atoms with E-state index < -0.39 is 5.97 Å². The molecule has 1 aliphatic rings. The van der Waals surface area contributed by atoms with Gasteiger partial charge < -0.3 is 9.74 Å². The van der Waals surface area contributed by atoms with Gasteiger partial charge >= 0.3 is 5.97 Å². The molecular weight excluding hydrogens is 304 g/mol. The Morgan fingerprint density at radius 1 is 1.17 bits per heavy atom. The first kappa shape index (κ1) is 20.7. The predicted molar refractivity (Wildman–Crippen MR) is 96.2 cm³/mol. The van der Waals surface area contributed by atoms with Crippen LogP contribution in [0.1, 0.15) is 74.1 Å². The molecule has 1 saturated heterocycles. The first-order chi connectivity index (χ1) is 10.9. The van der Waals surface area contributed by atoms with Gasteiger partial charge in [-0.3, -0.25) is 4.79 Å². The van der Waals surface area contributed by atoms with Gasteiger partial charge in [-0.2, -0.15) is 0 Å². The first-order valence-corrected chi connectivity index (χ1v) is 8.87. The van der Waals surface area contributed by atoms with Crippen molar-refractivity contribution in [1.29, 1.82) is 0 Å². The van der Waals surface area contributed by atoms with Gasteiger partial charge in [0.2, 0.25) is 5.91 Å². The summed E-state index contributed by atoms with van der Waals surface area (Å²) in [4.78, 5) is 31.8. The second-order valence-electron chi connectivity index (χ2n) is 8.21. The van der Waals surface area contributed by atoms with E-state index in [1.165, 1.54) is 0 Å². The SMILES string of the molecule is C=C(C)C(=O)ON1C(C)(C)CC(N(CCCC)C(C)=O)CC1(C)C. The summed E-state index contributed by atoms with van der Waals surface area (Å²) in [5.74, 6) is -0.281. The number of piperidine rings is 1. The molecule has 0 saturated carbocycles. The lowest BCUT2D eigenvalue weighted by Crippen LogP contribution is -2.64. The normalized spacial score (nSPS) is 20.5. The van der Waals surface area contributed by atoms with Crippen LogP contribution in [-0.4, -0.2) is 45.5 Å². The van der Waals surface area contributed by atoms with Gasteiger partial charge in [-0.05, 0) is 53.9 Å². The third-order valence-corrected chi connectivity index (χ3v) is 4.69. The van der Waals surface area contributed by atoms with E-state index >= 15 is 0 Å². The molecule has 0 aliphatic carbocycles. The highest BCUT2D eigenvalue weighted by Crippen LogP contribution is 2.40. The number of carbonyl (C=O) groups is 2. The Kier molecular flexibility index (Phi) is 6.62. The lowest BCUT2D eigenvalue weighted by atomic mass is 9.78. The summed E-state index contributed by atoms with van der Waals surface area (Å²) in [6.45, 7) is 18.1. The van der Waals surface area contributed by atoms with Gasteiger partial charge in [-0.1, -0.05) is 19.9 Å². The van der Waals surface area contributed by atoms with Crippen LogP contribution in [0.15, 0.2) is 12.2 Å². The van der Waals surface area contributed by atoms with Crippen LogP contribution in [0.5, 0.6) is 0 Å². The minimum atomic E-state index is -0.399. The van der Waals surface area contributed by atoms with Crippen molar-refractivity contribution in [2.45, 2.75) is 91.3 Å². The topological polar surface area (TPSA) is 49.9 Å². The van der Waals surface area contributed by atoms with Gasteiger partial charge in [0, 0.05) is 25.1 Å². The minimum absolute atomic E-state index is 0.118. The highest BCUT2D eigenvalue weighted by molar-refractivity contribution is 5.86. The van der Waals surface area contributed by atoms with E-state index in [0.29, 0.717) is 5.57 Å². The fourth-order valence-electron chi connectivity index (χ4n) is 3.76. The second-order valence-corrected chi connectivity index (χ2v) is 8.21. The summed E-state index contributed by atoms with van der Waals surface area (Å²) in [6.07, 6.45) is 3.60. The van der Waals surface area contributed by atoms with Crippen molar-refractivity contribution < 1.29 is 14.4 Å². The first-order valence-electron chi connectivity index (χ1n) is 8.87. The Bertz CT molecular complexity index is 479. The molecule has 0 radical (unpaired) electrons. The largest absolute Gasteiger partial charge is 0.363 e. The van der Waals surface area contributed by atoms with Crippen molar-refractivity contribution in [3.8, 4) is 0 Å². The van der Waals surface area contributed by atoms with Crippen LogP contribution in [0, 0.1) is 0 Å². The van der Waals surface area contributed by atoms with Crippen LogP contribution in [0.3, 0.4) is 0 Å². The zero-order valence-corrected chi connectivity index (χ0v) is 16.4. The fourth-order valence-corrected chi connectivity index (χ4v) is 3.76. The van der Waals surface area contributed by atoms with Crippen LogP contribution in [0.4, 0.5) is 0 Å². The van der Waals surface area contributed by atoms with Crippen LogP contribution < -0.4 is 0 Å². The van der Waals surface area contributed by atoms with E-state index in [1.807, 2.05) is 4.90 Å². The number of rotatable bonds is 6. The highest BCUT2D eigenvalue weighted by atomic mass is 16.7. The third-order valence-electron chi connectivity index (χ3n) is 4.69. The number of hydrogen-bond acceptors (Lipinski definition) is 4. The quantitative estimate of drug-likeness (QED) is 0.693. The zero-order valence-electron chi connectivity index (χ0n) is 16.4. The lowest BCUT2D eigenvalue weighted by Gasteiger charge is -2.54. The van der Waals surface area contributed by atoms with Crippen molar-refractivity contribution in [1.82, 2.24) is 9.96 Å². The molecule has 24 heavy (non-hydrogen) atoms. The van der Waals surface area contributed by atoms with Crippen molar-refractivity contribution in [3.05, 3.63) is 12.2 Å². The van der Waals surface area contributed by atoms with Crippen molar-refractivity contribution >= 4 is 11.9 Å². The average molecular weight is 338 g/mol. The van der Waals surface area contributed by atoms with E-state index in [4.69, 9.17) is 4.84 Å². The molecule has 0 atom stereocenters. The number of amides is 1. The van der Waals surface area contributed by atoms with Gasteiger partial charge in [0.25, 0.3) is 0 Å². The molecule has 0 aromatic heterocycles. The Labute approximate surface area is 147 Å². The number of nitrogens with zero attached hydrogens (tertiary/aromatic N) is 2. The van der Waals surface area contributed by atoms with E-state index in [9.17, 15) is 9.59 Å². The van der Waals surface area contributed by atoms with E-state index in [1.54, 1.807) is 18.9 Å². The maximum Gasteiger partial charge on any atom is 0.352 e. The maximum atomic E-state index is 12.1. The summed E-state index contributed by atoms with van der Waals surface area (Å²) in [7, 11) is 0. The number of carbonyl (C=O) groups excluding carboxylic acids is 2. The minimum Gasteiger partial charge on any atom is -0.363 e. The molecular formula is C19H34N2O3. The number of hydrogen-bond donors (Lipinski definition) is 0. The molecule has 1 heterocycles. The van der Waals surface area contributed by atoms with Gasteiger partial charge in [-0.25, -0.2) is 4.79 Å². The number of unbranched alkanes of at least 4 members (excludes halogenated alkanes) is 1. The Balaban J connectivity index is 3.02. The van der Waals surface area contributed by atoms with Crippen LogP contribution in [0.25, 0.3) is 0 Å². The van der Waals surface area contributed by atoms with Crippen LogP contribution in [-0.2, 0) is 14.4 Å². The molecule has 5 heteroatoms. The lowest BCUT2D eigenvalue weighted by molar-refractivity contribution is -0.269. The van der Waals surface area contributed by atoms with Gasteiger partial charge in [0.1, 0.15) is 0 Å². The van der Waals surface area contributed by atoms with E-state index in [2.05, 4.69) is 41.2 Å². The smallest absolute Gasteiger partial charge is 0.352 e. The molecule has 0 spiro atoms. The summed E-state index contributed by atoms with van der Waals surface area (Å²) in [5.41, 5.74) is -0.341. The molecule has 0 bridgehead atoms. The summed E-state index contributed by atoms with van der Waals surface area (Å²) in [6, 6.07) is 0.152. The summed E-state index contributed by atoms with van der Waals surface area (Å²) in [5, 5.41) is 1.80. The van der Waals surface area contributed by atoms with Crippen LogP contribution >= 0.6 is 0 Å². The van der Waals surface area contributed by atoms with E-state index in [-0.39, 0.29) is 23.0 Å². The standard InChI is InChI=1S/C19H34N2O3/c1-9-10-11-20(15(4)22)16-12-18(5,6)21(19(7,8)13-16)24-17(23)14(2)3/h16H,2,9-13H2,1,3-8H3. The monoisotopic (exact) mass is 338 g/mol. The zero-order chi connectivity index (χ0) is 18.7. The predicted octanol–water partition coefficient (Wildman–Crippen LogP) is 3.69. The number of hydroxylamine groups is 2. The fraction of sp³-hybridized carbons (Fsp3) is 0.789. The summed E-state index contributed by atoms with van der Waals surface area (Å²) < 4.78 is 0. The Morgan fingerprint density at radius 2 is 1.67 bits per heavy atom. The van der Waals surface area contributed by atoms with Gasteiger partial charge in [-0.15, -0.1) is 5.06 Å². The molecule has 0 aromatic rings. The Hall–Kier alpha value is -1.36.